The second-order valence-electron chi connectivity index (χ2n) is 15.9. The van der Waals surface area contributed by atoms with Crippen molar-refractivity contribution in [1.29, 1.82) is 0 Å². The molecule has 0 saturated carbocycles. The van der Waals surface area contributed by atoms with Gasteiger partial charge in [0.2, 0.25) is 0 Å². The van der Waals surface area contributed by atoms with Crippen molar-refractivity contribution in [1.82, 2.24) is 19.5 Å². The summed E-state index contributed by atoms with van der Waals surface area (Å²) in [6, 6.07) is 72.5. The first-order valence-electron chi connectivity index (χ1n) is 21.1. The second kappa shape index (κ2) is 14.2. The molecule has 6 heteroatoms. The number of hydrogen-bond donors (Lipinski definition) is 0. The van der Waals surface area contributed by atoms with E-state index in [9.17, 15) is 0 Å². The topological polar surface area (TPSA) is 56.7 Å². The zero-order valence-corrected chi connectivity index (χ0v) is 34.6. The lowest BCUT2D eigenvalue weighted by Gasteiger charge is -2.17. The fourth-order valence-electron chi connectivity index (χ4n) is 9.44. The Balaban J connectivity index is 1.20. The normalized spacial score (nSPS) is 11.8. The minimum atomic E-state index is 0.572. The molecule has 0 atom stereocenters. The first kappa shape index (κ1) is 35.6. The molecule has 4 aromatic heterocycles. The van der Waals surface area contributed by atoms with E-state index in [1.807, 2.05) is 47.7 Å². The van der Waals surface area contributed by atoms with Gasteiger partial charge in [0.05, 0.1) is 22.1 Å². The van der Waals surface area contributed by atoms with E-state index in [4.69, 9.17) is 19.4 Å². The lowest BCUT2D eigenvalue weighted by Crippen LogP contribution is -2.04. The molecule has 0 spiro atoms. The molecule has 0 bridgehead atoms. The second-order valence-corrected chi connectivity index (χ2v) is 16.9. The summed E-state index contributed by atoms with van der Waals surface area (Å²) in [7, 11) is 0. The number of benzene rings is 9. The Morgan fingerprint density at radius 3 is 1.71 bits per heavy atom. The van der Waals surface area contributed by atoms with E-state index in [-0.39, 0.29) is 0 Å². The molecule has 0 amide bonds. The van der Waals surface area contributed by atoms with Crippen LogP contribution in [0.4, 0.5) is 0 Å². The van der Waals surface area contributed by atoms with Crippen LogP contribution in [0.2, 0.25) is 0 Å². The number of aromatic nitrogens is 4. The van der Waals surface area contributed by atoms with Crippen LogP contribution >= 0.6 is 11.3 Å². The summed E-state index contributed by atoms with van der Waals surface area (Å²) in [5.74, 6) is 1.78. The smallest absolute Gasteiger partial charge is 0.166 e. The Morgan fingerprint density at radius 2 is 0.952 bits per heavy atom. The summed E-state index contributed by atoms with van der Waals surface area (Å²) in [6.45, 7) is 0. The van der Waals surface area contributed by atoms with Crippen LogP contribution in [0.15, 0.2) is 211 Å². The highest BCUT2D eigenvalue weighted by atomic mass is 32.1. The quantitative estimate of drug-likeness (QED) is 0.168. The molecule has 13 aromatic rings. The van der Waals surface area contributed by atoms with Gasteiger partial charge in [-0.3, -0.25) is 0 Å². The Bertz CT molecular complexity index is 3850. The fraction of sp³-hybridized carbons (Fsp3) is 0. The van der Waals surface area contributed by atoms with Crippen LogP contribution in [0, 0.1) is 0 Å². The number of rotatable bonds is 6. The minimum absolute atomic E-state index is 0.572. The number of para-hydroxylation sites is 1. The monoisotopic (exact) mass is 822 g/mol. The molecule has 5 nitrogen and oxygen atoms in total. The van der Waals surface area contributed by atoms with Crippen molar-refractivity contribution in [2.75, 3.05) is 0 Å². The number of thiophene rings is 1. The molecule has 0 N–H and O–H groups in total. The van der Waals surface area contributed by atoms with Crippen molar-refractivity contribution >= 4 is 75.3 Å². The summed E-state index contributed by atoms with van der Waals surface area (Å²) < 4.78 is 11.9. The zero-order chi connectivity index (χ0) is 41.4. The Morgan fingerprint density at radius 1 is 0.365 bits per heavy atom. The van der Waals surface area contributed by atoms with Gasteiger partial charge in [-0.25, -0.2) is 15.0 Å². The predicted octanol–water partition coefficient (Wildman–Crippen LogP) is 15.6. The zero-order valence-electron chi connectivity index (χ0n) is 33.7. The van der Waals surface area contributed by atoms with Crippen LogP contribution in [0.25, 0.3) is 126 Å². The molecular weight excluding hydrogens is 789 g/mol. The highest BCUT2D eigenvalue weighted by Crippen LogP contribution is 2.48. The maximum Gasteiger partial charge on any atom is 0.166 e. The fourth-order valence-corrected chi connectivity index (χ4v) is 10.7. The van der Waals surface area contributed by atoms with Gasteiger partial charge in [-0.1, -0.05) is 170 Å². The van der Waals surface area contributed by atoms with Crippen LogP contribution in [-0.4, -0.2) is 19.5 Å². The van der Waals surface area contributed by atoms with E-state index in [1.54, 1.807) is 0 Å². The maximum absolute atomic E-state index is 6.96. The van der Waals surface area contributed by atoms with Crippen molar-refractivity contribution in [3.8, 4) is 62.1 Å². The van der Waals surface area contributed by atoms with E-state index in [0.29, 0.717) is 17.5 Å². The van der Waals surface area contributed by atoms with Crippen LogP contribution in [-0.2, 0) is 0 Å². The van der Waals surface area contributed by atoms with Crippen molar-refractivity contribution in [2.45, 2.75) is 0 Å². The number of nitrogens with zero attached hydrogens (tertiary/aromatic N) is 4. The highest BCUT2D eigenvalue weighted by Gasteiger charge is 2.26. The molecule has 0 aliphatic carbocycles. The summed E-state index contributed by atoms with van der Waals surface area (Å²) in [6.07, 6.45) is 0. The molecule has 0 radical (unpaired) electrons. The van der Waals surface area contributed by atoms with Crippen LogP contribution < -0.4 is 0 Å². The van der Waals surface area contributed by atoms with Gasteiger partial charge in [-0.05, 0) is 53.1 Å². The molecule has 4 heterocycles. The molecule has 0 saturated heterocycles. The molecule has 0 unspecified atom stereocenters. The predicted molar refractivity (Wildman–Crippen MR) is 262 cm³/mol. The van der Waals surface area contributed by atoms with Crippen molar-refractivity contribution in [3.05, 3.63) is 206 Å². The van der Waals surface area contributed by atoms with Gasteiger partial charge in [0.1, 0.15) is 11.2 Å². The molecule has 0 aliphatic rings. The lowest BCUT2D eigenvalue weighted by atomic mass is 9.96. The van der Waals surface area contributed by atoms with Crippen molar-refractivity contribution < 1.29 is 4.42 Å². The molecule has 294 valence electrons. The first-order valence-corrected chi connectivity index (χ1v) is 21.9. The minimum Gasteiger partial charge on any atom is -0.456 e. The molecule has 0 aliphatic heterocycles. The molecule has 9 aromatic carbocycles. The van der Waals surface area contributed by atoms with Gasteiger partial charge in [-0.15, -0.1) is 11.3 Å². The summed E-state index contributed by atoms with van der Waals surface area (Å²) in [5.41, 5.74) is 12.0. The number of fused-ring (bicyclic) bond motifs is 9. The number of furan rings is 1. The van der Waals surface area contributed by atoms with Crippen LogP contribution in [0.5, 0.6) is 0 Å². The van der Waals surface area contributed by atoms with Gasteiger partial charge in [0, 0.05) is 58.6 Å². The Kier molecular flexibility index (Phi) is 8.01. The van der Waals surface area contributed by atoms with Crippen molar-refractivity contribution in [3.63, 3.8) is 0 Å². The maximum atomic E-state index is 6.96. The van der Waals surface area contributed by atoms with Gasteiger partial charge in [0.25, 0.3) is 0 Å². The Hall–Kier alpha value is -8.19. The van der Waals surface area contributed by atoms with Gasteiger partial charge in [-0.2, -0.15) is 0 Å². The standard InChI is InChI=1S/C57H34N4OS/c1-4-16-35(17-5-1)38-30-31-40-39-22-10-12-27-46(39)61(47(40)34-38)53-45(57-59-55(36-18-6-2-7-19-36)58-56(60-57)37-20-8-3-9-21-37)32-33-49-52(53)51-42(24-15-28-48(51)62-49)44-26-14-25-43-41-23-11-13-29-50(41)63-54(43)44/h1-34H. The number of hydrogen-bond acceptors (Lipinski definition) is 5. The summed E-state index contributed by atoms with van der Waals surface area (Å²) >= 11 is 1.84. The average molecular weight is 823 g/mol. The van der Waals surface area contributed by atoms with Crippen LogP contribution in [0.1, 0.15) is 0 Å². The van der Waals surface area contributed by atoms with E-state index in [2.05, 4.69) is 174 Å². The van der Waals surface area contributed by atoms with Gasteiger partial charge < -0.3 is 8.98 Å². The van der Waals surface area contributed by atoms with E-state index in [0.717, 1.165) is 82.8 Å². The van der Waals surface area contributed by atoms with Crippen molar-refractivity contribution in [2.24, 2.45) is 0 Å². The SMILES string of the molecule is c1ccc(-c2ccc3c4ccccc4n(-c4c(-c5nc(-c6ccccc6)nc(-c6ccccc6)n5)ccc5oc6cccc(-c7cccc8c7sc7ccccc78)c6c45)c3c2)cc1. The van der Waals surface area contributed by atoms with E-state index < -0.39 is 0 Å². The van der Waals surface area contributed by atoms with E-state index >= 15 is 0 Å². The molecule has 63 heavy (non-hydrogen) atoms. The highest BCUT2D eigenvalue weighted by molar-refractivity contribution is 7.26. The lowest BCUT2D eigenvalue weighted by molar-refractivity contribution is 0.669. The van der Waals surface area contributed by atoms with Crippen LogP contribution in [0.3, 0.4) is 0 Å². The third-order valence-corrected chi connectivity index (χ3v) is 13.5. The van der Waals surface area contributed by atoms with Gasteiger partial charge in [0.15, 0.2) is 17.5 Å². The Labute approximate surface area is 365 Å². The first-order chi connectivity index (χ1) is 31.2. The van der Waals surface area contributed by atoms with Gasteiger partial charge >= 0.3 is 0 Å². The third-order valence-electron chi connectivity index (χ3n) is 12.3. The summed E-state index contributed by atoms with van der Waals surface area (Å²) in [5, 5.41) is 6.86. The molecule has 13 rings (SSSR count). The molecular formula is C57H34N4OS. The average Bonchev–Trinajstić information content (AvgIpc) is 4.04. The molecule has 0 fully saturated rings. The summed E-state index contributed by atoms with van der Waals surface area (Å²) in [4.78, 5) is 15.8. The largest absolute Gasteiger partial charge is 0.456 e. The third kappa shape index (κ3) is 5.66. The van der Waals surface area contributed by atoms with E-state index in [1.165, 1.54) is 25.7 Å².